The first-order chi connectivity index (χ1) is 9.22. The van der Waals surface area contributed by atoms with Crippen molar-refractivity contribution in [2.45, 2.75) is 31.2 Å². The summed E-state index contributed by atoms with van der Waals surface area (Å²) < 4.78 is 5.48. The van der Waals surface area contributed by atoms with Crippen molar-refractivity contribution < 1.29 is 4.74 Å². The number of nitrogens with one attached hydrogen (secondary N) is 1. The number of rotatable bonds is 2. The minimum absolute atomic E-state index is 0.311. The molecule has 104 valence electrons. The van der Waals surface area contributed by atoms with Gasteiger partial charge in [-0.25, -0.2) is 0 Å². The summed E-state index contributed by atoms with van der Waals surface area (Å²) in [4.78, 5) is 2.42. The predicted octanol–water partition coefficient (Wildman–Crippen LogP) is 3.07. The normalized spacial score (nSPS) is 21.9. The van der Waals surface area contributed by atoms with Crippen molar-refractivity contribution in [3.05, 3.63) is 23.2 Å². The Morgan fingerprint density at radius 3 is 2.84 bits per heavy atom. The van der Waals surface area contributed by atoms with Crippen molar-refractivity contribution in [1.82, 2.24) is 5.32 Å². The van der Waals surface area contributed by atoms with E-state index in [0.717, 1.165) is 36.1 Å². The molecule has 1 N–H and O–H groups in total. The van der Waals surface area contributed by atoms with E-state index in [0.29, 0.717) is 5.54 Å². The van der Waals surface area contributed by atoms with Crippen LogP contribution in [0.25, 0.3) is 0 Å². The minimum Gasteiger partial charge on any atom is -0.495 e. The highest BCUT2D eigenvalue weighted by Gasteiger charge is 2.38. The molecule has 2 aliphatic rings. The molecule has 1 heterocycles. The van der Waals surface area contributed by atoms with Crippen LogP contribution in [0.4, 0.5) is 5.69 Å². The van der Waals surface area contributed by atoms with Gasteiger partial charge in [-0.05, 0) is 31.0 Å². The first-order valence-corrected chi connectivity index (χ1v) is 7.44. The quantitative estimate of drug-likeness (QED) is 0.901. The van der Waals surface area contributed by atoms with Crippen molar-refractivity contribution in [2.24, 2.45) is 0 Å². The summed E-state index contributed by atoms with van der Waals surface area (Å²) in [6.45, 7) is 3.11. The summed E-state index contributed by atoms with van der Waals surface area (Å²) in [5.74, 6) is 0.916. The summed E-state index contributed by atoms with van der Waals surface area (Å²) in [6.07, 6.45) is 5.25. The lowest BCUT2D eigenvalue weighted by Crippen LogP contribution is -2.59. The van der Waals surface area contributed by atoms with E-state index >= 15 is 0 Å². The number of hydrogen-bond donors (Lipinski definition) is 1. The number of ether oxygens (including phenoxy) is 1. The molecule has 1 saturated carbocycles. The van der Waals surface area contributed by atoms with Crippen LogP contribution in [0.2, 0.25) is 5.02 Å². The Labute approximate surface area is 119 Å². The third-order valence-electron chi connectivity index (χ3n) is 4.42. The van der Waals surface area contributed by atoms with Crippen LogP contribution in [0.3, 0.4) is 0 Å². The van der Waals surface area contributed by atoms with Crippen molar-refractivity contribution in [3.8, 4) is 5.75 Å². The van der Waals surface area contributed by atoms with E-state index in [1.165, 1.54) is 25.7 Å². The van der Waals surface area contributed by atoms with Crippen LogP contribution in [-0.4, -0.2) is 32.3 Å². The highest BCUT2D eigenvalue weighted by molar-refractivity contribution is 6.30. The minimum atomic E-state index is 0.311. The number of benzene rings is 1. The standard InChI is InChI=1S/C15H21ClN2O/c1-19-14-5-4-12(16)10-13(14)18-9-8-17-15(11-18)6-2-3-7-15/h4-5,10,17H,2-3,6-9,11H2,1H3. The molecule has 0 amide bonds. The second-order valence-corrected chi connectivity index (χ2v) is 6.09. The van der Waals surface area contributed by atoms with E-state index in [1.54, 1.807) is 7.11 Å². The van der Waals surface area contributed by atoms with Gasteiger partial charge in [0.2, 0.25) is 0 Å². The summed E-state index contributed by atoms with van der Waals surface area (Å²) in [7, 11) is 1.72. The zero-order valence-electron chi connectivity index (χ0n) is 11.4. The molecule has 1 aromatic carbocycles. The molecule has 1 aliphatic carbocycles. The Bertz CT molecular complexity index is 457. The lowest BCUT2D eigenvalue weighted by molar-refractivity contribution is 0.302. The van der Waals surface area contributed by atoms with Crippen LogP contribution in [0, 0.1) is 0 Å². The molecular formula is C15H21ClN2O. The van der Waals surface area contributed by atoms with Crippen molar-refractivity contribution >= 4 is 17.3 Å². The summed E-state index contributed by atoms with van der Waals surface area (Å²) in [5.41, 5.74) is 1.44. The number of hydrogen-bond acceptors (Lipinski definition) is 3. The summed E-state index contributed by atoms with van der Waals surface area (Å²) >= 11 is 6.15. The second-order valence-electron chi connectivity index (χ2n) is 5.65. The molecule has 1 aromatic rings. The van der Waals surface area contributed by atoms with Gasteiger partial charge in [0.15, 0.2) is 0 Å². The van der Waals surface area contributed by atoms with Crippen molar-refractivity contribution in [2.75, 3.05) is 31.6 Å². The van der Waals surface area contributed by atoms with E-state index in [1.807, 2.05) is 18.2 Å². The molecule has 0 aromatic heterocycles. The lowest BCUT2D eigenvalue weighted by Gasteiger charge is -2.43. The van der Waals surface area contributed by atoms with Gasteiger partial charge in [0, 0.05) is 30.2 Å². The summed E-state index contributed by atoms with van der Waals surface area (Å²) in [5, 5.41) is 4.50. The SMILES string of the molecule is COc1ccc(Cl)cc1N1CCNC2(CCCC2)C1. The Morgan fingerprint density at radius 2 is 2.11 bits per heavy atom. The highest BCUT2D eigenvalue weighted by atomic mass is 35.5. The average molecular weight is 281 g/mol. The van der Waals surface area contributed by atoms with Crippen molar-refractivity contribution in [1.29, 1.82) is 0 Å². The van der Waals surface area contributed by atoms with Gasteiger partial charge in [-0.3, -0.25) is 0 Å². The largest absolute Gasteiger partial charge is 0.495 e. The fourth-order valence-electron chi connectivity index (χ4n) is 3.46. The van der Waals surface area contributed by atoms with E-state index in [2.05, 4.69) is 10.2 Å². The first-order valence-electron chi connectivity index (χ1n) is 7.06. The molecule has 2 fully saturated rings. The average Bonchev–Trinajstić information content (AvgIpc) is 2.86. The van der Waals surface area contributed by atoms with Gasteiger partial charge in [0.25, 0.3) is 0 Å². The molecule has 1 saturated heterocycles. The molecule has 3 rings (SSSR count). The van der Waals surface area contributed by atoms with Crippen LogP contribution in [0.15, 0.2) is 18.2 Å². The fraction of sp³-hybridized carbons (Fsp3) is 0.600. The topological polar surface area (TPSA) is 24.5 Å². The zero-order valence-corrected chi connectivity index (χ0v) is 12.2. The third-order valence-corrected chi connectivity index (χ3v) is 4.65. The maximum Gasteiger partial charge on any atom is 0.142 e. The molecular weight excluding hydrogens is 260 g/mol. The van der Waals surface area contributed by atoms with E-state index in [-0.39, 0.29) is 0 Å². The third kappa shape index (κ3) is 2.54. The Morgan fingerprint density at radius 1 is 1.32 bits per heavy atom. The van der Waals surface area contributed by atoms with E-state index < -0.39 is 0 Å². The van der Waals surface area contributed by atoms with Crippen LogP contribution >= 0.6 is 11.6 Å². The molecule has 1 spiro atoms. The monoisotopic (exact) mass is 280 g/mol. The lowest BCUT2D eigenvalue weighted by atomic mass is 9.94. The maximum atomic E-state index is 6.15. The van der Waals surface area contributed by atoms with Crippen LogP contribution in [-0.2, 0) is 0 Å². The molecule has 0 bridgehead atoms. The molecule has 1 aliphatic heterocycles. The molecule has 4 heteroatoms. The zero-order chi connectivity index (χ0) is 13.3. The number of methoxy groups -OCH3 is 1. The Hall–Kier alpha value is -0.930. The van der Waals surface area contributed by atoms with Crippen LogP contribution in [0.1, 0.15) is 25.7 Å². The van der Waals surface area contributed by atoms with Gasteiger partial charge in [0.1, 0.15) is 5.75 Å². The number of nitrogens with zero attached hydrogens (tertiary/aromatic N) is 1. The predicted molar refractivity (Wildman–Crippen MR) is 79.4 cm³/mol. The molecule has 0 atom stereocenters. The molecule has 0 unspecified atom stereocenters. The van der Waals surface area contributed by atoms with Gasteiger partial charge >= 0.3 is 0 Å². The number of anilines is 1. The fourth-order valence-corrected chi connectivity index (χ4v) is 3.63. The highest BCUT2D eigenvalue weighted by Crippen LogP contribution is 2.37. The van der Waals surface area contributed by atoms with Gasteiger partial charge in [-0.15, -0.1) is 0 Å². The van der Waals surface area contributed by atoms with Crippen molar-refractivity contribution in [3.63, 3.8) is 0 Å². The second kappa shape index (κ2) is 5.22. The number of halogens is 1. The van der Waals surface area contributed by atoms with E-state index in [4.69, 9.17) is 16.3 Å². The molecule has 0 radical (unpaired) electrons. The van der Waals surface area contributed by atoms with Gasteiger partial charge < -0.3 is 15.0 Å². The Balaban J connectivity index is 1.87. The first kappa shape index (κ1) is 13.1. The van der Waals surface area contributed by atoms with Gasteiger partial charge in [-0.1, -0.05) is 24.4 Å². The maximum absolute atomic E-state index is 6.15. The van der Waals surface area contributed by atoms with Crippen LogP contribution < -0.4 is 15.0 Å². The smallest absolute Gasteiger partial charge is 0.142 e. The Kier molecular flexibility index (Phi) is 3.59. The van der Waals surface area contributed by atoms with Gasteiger partial charge in [-0.2, -0.15) is 0 Å². The van der Waals surface area contributed by atoms with E-state index in [9.17, 15) is 0 Å². The van der Waals surface area contributed by atoms with Crippen LogP contribution in [0.5, 0.6) is 5.75 Å². The molecule has 19 heavy (non-hydrogen) atoms. The number of piperazine rings is 1. The summed E-state index contributed by atoms with van der Waals surface area (Å²) in [6, 6.07) is 5.87. The van der Waals surface area contributed by atoms with Gasteiger partial charge in [0.05, 0.1) is 12.8 Å². The molecule has 3 nitrogen and oxygen atoms in total.